The van der Waals surface area contributed by atoms with E-state index in [4.69, 9.17) is 4.42 Å². The highest BCUT2D eigenvalue weighted by atomic mass is 32.2. The second kappa shape index (κ2) is 6.27. The van der Waals surface area contributed by atoms with Crippen molar-refractivity contribution in [2.24, 2.45) is 5.10 Å². The molecule has 1 atom stereocenters. The number of fused-ring (bicyclic) bond motifs is 1. The highest BCUT2D eigenvalue weighted by molar-refractivity contribution is 7.91. The molecule has 2 N–H and O–H groups in total. The minimum absolute atomic E-state index is 0.0220. The van der Waals surface area contributed by atoms with Crippen LogP contribution in [-0.2, 0) is 9.84 Å². The number of furan rings is 1. The summed E-state index contributed by atoms with van der Waals surface area (Å²) in [5.74, 6) is 0.699. The first kappa shape index (κ1) is 16.5. The molecule has 1 aliphatic heterocycles. The first-order valence-electron chi connectivity index (χ1n) is 7.65. The molecule has 0 radical (unpaired) electrons. The number of nitrogens with one attached hydrogen (secondary N) is 2. The van der Waals surface area contributed by atoms with Gasteiger partial charge in [0.05, 0.1) is 11.5 Å². The van der Waals surface area contributed by atoms with E-state index in [1.54, 1.807) is 6.92 Å². The lowest BCUT2D eigenvalue weighted by molar-refractivity contribution is 0.238. The quantitative estimate of drug-likeness (QED) is 0.653. The molecule has 0 spiro atoms. The molecular weight excluding hydrogens is 330 g/mol. The fraction of sp³-hybridized carbons (Fsp3) is 0.375. The van der Waals surface area contributed by atoms with E-state index < -0.39 is 15.9 Å². The number of para-hydroxylation sites is 1. The number of urea groups is 1. The Morgan fingerprint density at radius 2 is 2.08 bits per heavy atom. The van der Waals surface area contributed by atoms with Gasteiger partial charge in [-0.05, 0) is 26.3 Å². The Labute approximate surface area is 140 Å². The van der Waals surface area contributed by atoms with Crippen molar-refractivity contribution in [2.45, 2.75) is 26.3 Å². The molecule has 128 valence electrons. The third kappa shape index (κ3) is 3.43. The summed E-state index contributed by atoms with van der Waals surface area (Å²) in [6.45, 7) is 3.68. The summed E-state index contributed by atoms with van der Waals surface area (Å²) in [5.41, 5.74) is 4.65. The van der Waals surface area contributed by atoms with Gasteiger partial charge in [0.15, 0.2) is 15.6 Å². The summed E-state index contributed by atoms with van der Waals surface area (Å²) < 4.78 is 28.5. The third-order valence-electron chi connectivity index (χ3n) is 4.07. The summed E-state index contributed by atoms with van der Waals surface area (Å²) in [4.78, 5) is 11.8. The Bertz CT molecular complexity index is 915. The van der Waals surface area contributed by atoms with Crippen molar-refractivity contribution in [1.82, 2.24) is 10.7 Å². The van der Waals surface area contributed by atoms with Crippen molar-refractivity contribution in [3.05, 3.63) is 35.6 Å². The number of carbonyl (C=O) groups is 1. The van der Waals surface area contributed by atoms with Gasteiger partial charge in [-0.2, -0.15) is 5.10 Å². The molecule has 3 rings (SSSR count). The summed E-state index contributed by atoms with van der Waals surface area (Å²) in [5, 5.41) is 7.66. The van der Waals surface area contributed by atoms with Crippen LogP contribution in [0.15, 0.2) is 33.8 Å². The molecule has 1 unspecified atom stereocenters. The van der Waals surface area contributed by atoms with Crippen LogP contribution in [0.4, 0.5) is 4.79 Å². The Kier molecular flexibility index (Phi) is 4.31. The lowest BCUT2D eigenvalue weighted by atomic mass is 10.1. The molecule has 1 aromatic carbocycles. The van der Waals surface area contributed by atoms with Crippen molar-refractivity contribution in [1.29, 1.82) is 0 Å². The molecule has 1 fully saturated rings. The standard InChI is InChI=1S/C16H19N3O4S/c1-10-13-5-3-4-6-14(13)23-15(10)11(2)18-19-16(20)17-12-7-8-24(21,22)9-12/h3-6,12H,7-9H2,1-2H3,(H2,17,19,20)/b18-11+. The van der Waals surface area contributed by atoms with Crippen LogP contribution in [0.3, 0.4) is 0 Å². The first-order chi connectivity index (χ1) is 11.4. The number of rotatable bonds is 3. The third-order valence-corrected chi connectivity index (χ3v) is 5.83. The van der Waals surface area contributed by atoms with Crippen LogP contribution in [0.25, 0.3) is 11.0 Å². The van der Waals surface area contributed by atoms with E-state index in [-0.39, 0.29) is 17.5 Å². The molecular formula is C16H19N3O4S. The smallest absolute Gasteiger partial charge is 0.335 e. The van der Waals surface area contributed by atoms with E-state index in [9.17, 15) is 13.2 Å². The zero-order chi connectivity index (χ0) is 17.3. The van der Waals surface area contributed by atoms with Crippen LogP contribution in [0.1, 0.15) is 24.7 Å². The number of carbonyl (C=O) groups excluding carboxylic acids is 1. The molecule has 0 bridgehead atoms. The van der Waals surface area contributed by atoms with E-state index >= 15 is 0 Å². The normalized spacial score (nSPS) is 20.2. The molecule has 24 heavy (non-hydrogen) atoms. The minimum Gasteiger partial charge on any atom is -0.454 e. The number of hydrogen-bond donors (Lipinski definition) is 2. The van der Waals surface area contributed by atoms with E-state index in [0.29, 0.717) is 17.9 Å². The van der Waals surface area contributed by atoms with Crippen molar-refractivity contribution in [3.63, 3.8) is 0 Å². The maximum Gasteiger partial charge on any atom is 0.335 e. The fourth-order valence-electron chi connectivity index (χ4n) is 2.83. The van der Waals surface area contributed by atoms with E-state index in [2.05, 4.69) is 15.8 Å². The van der Waals surface area contributed by atoms with Crippen molar-refractivity contribution in [2.75, 3.05) is 11.5 Å². The zero-order valence-electron chi connectivity index (χ0n) is 13.5. The summed E-state index contributed by atoms with van der Waals surface area (Å²) >= 11 is 0. The highest BCUT2D eigenvalue weighted by Gasteiger charge is 2.28. The van der Waals surface area contributed by atoms with Gasteiger partial charge in [0.2, 0.25) is 0 Å². The monoisotopic (exact) mass is 349 g/mol. The van der Waals surface area contributed by atoms with E-state index in [1.165, 1.54) is 0 Å². The number of hydrazone groups is 1. The van der Waals surface area contributed by atoms with Gasteiger partial charge >= 0.3 is 6.03 Å². The number of amides is 2. The van der Waals surface area contributed by atoms with Gasteiger partial charge in [-0.1, -0.05) is 18.2 Å². The molecule has 0 aliphatic carbocycles. The molecule has 0 saturated carbocycles. The van der Waals surface area contributed by atoms with Crippen LogP contribution in [0.2, 0.25) is 0 Å². The molecule has 1 saturated heterocycles. The van der Waals surface area contributed by atoms with Crippen LogP contribution in [0.5, 0.6) is 0 Å². The summed E-state index contributed by atoms with van der Waals surface area (Å²) in [6, 6.07) is 6.78. The second-order valence-corrected chi connectivity index (χ2v) is 8.16. The largest absolute Gasteiger partial charge is 0.454 e. The SMILES string of the molecule is C/C(=N\NC(=O)NC1CCS(=O)(=O)C1)c1oc2ccccc2c1C. The van der Waals surface area contributed by atoms with Gasteiger partial charge in [0.1, 0.15) is 11.3 Å². The maximum absolute atomic E-state index is 11.8. The van der Waals surface area contributed by atoms with Crippen LogP contribution in [0, 0.1) is 6.92 Å². The number of nitrogens with zero attached hydrogens (tertiary/aromatic N) is 1. The van der Waals surface area contributed by atoms with Crippen molar-refractivity contribution < 1.29 is 17.6 Å². The average Bonchev–Trinajstić information content (AvgIpc) is 3.05. The Hall–Kier alpha value is -2.35. The number of benzene rings is 1. The Morgan fingerprint density at radius 3 is 2.75 bits per heavy atom. The van der Waals surface area contributed by atoms with Crippen LogP contribution >= 0.6 is 0 Å². The molecule has 8 heteroatoms. The molecule has 1 aliphatic rings. The Balaban J connectivity index is 1.67. The highest BCUT2D eigenvalue weighted by Crippen LogP contribution is 2.25. The number of hydrogen-bond acceptors (Lipinski definition) is 5. The second-order valence-electron chi connectivity index (χ2n) is 5.93. The van der Waals surface area contributed by atoms with Gasteiger partial charge in [0.25, 0.3) is 0 Å². The van der Waals surface area contributed by atoms with Gasteiger partial charge < -0.3 is 9.73 Å². The van der Waals surface area contributed by atoms with Crippen LogP contribution < -0.4 is 10.7 Å². The molecule has 2 heterocycles. The average molecular weight is 349 g/mol. The van der Waals surface area contributed by atoms with Crippen LogP contribution in [-0.4, -0.2) is 37.7 Å². The lowest BCUT2D eigenvalue weighted by Crippen LogP contribution is -2.41. The predicted octanol–water partition coefficient (Wildman–Crippen LogP) is 1.95. The van der Waals surface area contributed by atoms with E-state index in [0.717, 1.165) is 16.5 Å². The van der Waals surface area contributed by atoms with Gasteiger partial charge in [-0.25, -0.2) is 18.6 Å². The molecule has 2 aromatic rings. The van der Waals surface area contributed by atoms with Gasteiger partial charge in [-0.15, -0.1) is 0 Å². The maximum atomic E-state index is 11.8. The summed E-state index contributed by atoms with van der Waals surface area (Å²) in [7, 11) is -3.03. The molecule has 7 nitrogen and oxygen atoms in total. The fourth-order valence-corrected chi connectivity index (χ4v) is 4.50. The van der Waals surface area contributed by atoms with Crippen molar-refractivity contribution in [3.8, 4) is 0 Å². The van der Waals surface area contributed by atoms with E-state index in [1.807, 2.05) is 31.2 Å². The predicted molar refractivity (Wildman–Crippen MR) is 91.9 cm³/mol. The Morgan fingerprint density at radius 1 is 1.33 bits per heavy atom. The zero-order valence-corrected chi connectivity index (χ0v) is 14.3. The first-order valence-corrected chi connectivity index (χ1v) is 9.47. The summed E-state index contributed by atoms with van der Waals surface area (Å²) in [6.07, 6.45) is 0.432. The molecule has 2 amide bonds. The topological polar surface area (TPSA) is 101 Å². The number of sulfone groups is 1. The number of aryl methyl sites for hydroxylation is 1. The van der Waals surface area contributed by atoms with Gasteiger partial charge in [-0.3, -0.25) is 0 Å². The van der Waals surface area contributed by atoms with Crippen molar-refractivity contribution >= 4 is 32.5 Å². The van der Waals surface area contributed by atoms with Gasteiger partial charge in [0, 0.05) is 17.0 Å². The molecule has 1 aromatic heterocycles. The minimum atomic E-state index is -3.03. The lowest BCUT2D eigenvalue weighted by Gasteiger charge is -2.09.